The summed E-state index contributed by atoms with van der Waals surface area (Å²) in [7, 11) is 0. The van der Waals surface area contributed by atoms with E-state index in [4.69, 9.17) is 5.73 Å². The first-order chi connectivity index (χ1) is 9.08. The third-order valence-electron chi connectivity index (χ3n) is 3.09. The van der Waals surface area contributed by atoms with E-state index < -0.39 is 0 Å². The Labute approximate surface area is 120 Å². The Morgan fingerprint density at radius 2 is 2.00 bits per heavy atom. The zero-order valence-corrected chi connectivity index (χ0v) is 12.1. The lowest BCUT2D eigenvalue weighted by Crippen LogP contribution is -2.38. The van der Waals surface area contributed by atoms with Crippen molar-refractivity contribution in [2.24, 2.45) is 0 Å². The zero-order chi connectivity index (χ0) is 13.8. The van der Waals surface area contributed by atoms with Gasteiger partial charge in [-0.05, 0) is 47.0 Å². The van der Waals surface area contributed by atoms with Crippen LogP contribution in [0.15, 0.2) is 22.7 Å². The Morgan fingerprint density at radius 1 is 1.32 bits per heavy atom. The van der Waals surface area contributed by atoms with Crippen molar-refractivity contribution in [2.45, 2.75) is 12.8 Å². The van der Waals surface area contributed by atoms with Gasteiger partial charge in [-0.25, -0.2) is 0 Å². The number of nitrogen functional groups attached to an aromatic ring is 1. The molecule has 0 aromatic heterocycles. The van der Waals surface area contributed by atoms with Crippen LogP contribution in [0.5, 0.6) is 0 Å². The van der Waals surface area contributed by atoms with Crippen LogP contribution in [-0.2, 0) is 4.79 Å². The standard InChI is InChI=1S/C13H16BrN3O2/c14-11-4-3-9(15)7-10(11)13(19)16-8-12(18)17-5-1-2-6-17/h3-4,7H,1-2,5-6,8,15H2,(H,16,19). The van der Waals surface area contributed by atoms with Gasteiger partial charge in [-0.15, -0.1) is 0 Å². The first-order valence-electron chi connectivity index (χ1n) is 6.19. The quantitative estimate of drug-likeness (QED) is 0.824. The first kappa shape index (κ1) is 13.9. The molecular formula is C13H16BrN3O2. The van der Waals surface area contributed by atoms with Crippen LogP contribution in [0.3, 0.4) is 0 Å². The van der Waals surface area contributed by atoms with E-state index >= 15 is 0 Å². The van der Waals surface area contributed by atoms with E-state index in [9.17, 15) is 9.59 Å². The molecule has 1 saturated heterocycles. The van der Waals surface area contributed by atoms with E-state index in [-0.39, 0.29) is 18.4 Å². The molecule has 1 aliphatic heterocycles. The molecule has 1 heterocycles. The Bertz CT molecular complexity index is 499. The number of likely N-dealkylation sites (tertiary alicyclic amines) is 1. The van der Waals surface area contributed by atoms with E-state index in [0.29, 0.717) is 15.7 Å². The number of anilines is 1. The Morgan fingerprint density at radius 3 is 2.68 bits per heavy atom. The molecule has 1 aromatic carbocycles. The van der Waals surface area contributed by atoms with Crippen LogP contribution < -0.4 is 11.1 Å². The van der Waals surface area contributed by atoms with Gasteiger partial charge in [-0.1, -0.05) is 0 Å². The maximum atomic E-state index is 12.0. The fourth-order valence-electron chi connectivity index (χ4n) is 2.05. The molecule has 0 atom stereocenters. The minimum atomic E-state index is -0.299. The second kappa shape index (κ2) is 6.06. The van der Waals surface area contributed by atoms with Crippen molar-refractivity contribution in [1.82, 2.24) is 10.2 Å². The fourth-order valence-corrected chi connectivity index (χ4v) is 2.47. The van der Waals surface area contributed by atoms with Gasteiger partial charge in [-0.2, -0.15) is 0 Å². The van der Waals surface area contributed by atoms with E-state index in [1.54, 1.807) is 23.1 Å². The van der Waals surface area contributed by atoms with Crippen molar-refractivity contribution < 1.29 is 9.59 Å². The molecule has 0 spiro atoms. The highest BCUT2D eigenvalue weighted by Gasteiger charge is 2.19. The van der Waals surface area contributed by atoms with Crippen molar-refractivity contribution in [1.29, 1.82) is 0 Å². The van der Waals surface area contributed by atoms with Crippen LogP contribution in [0.2, 0.25) is 0 Å². The lowest BCUT2D eigenvalue weighted by Gasteiger charge is -2.15. The lowest BCUT2D eigenvalue weighted by molar-refractivity contribution is -0.129. The third-order valence-corrected chi connectivity index (χ3v) is 3.79. The first-order valence-corrected chi connectivity index (χ1v) is 6.98. The normalized spacial score (nSPS) is 14.5. The molecule has 1 aromatic rings. The number of carbonyl (C=O) groups excluding carboxylic acids is 2. The van der Waals surface area contributed by atoms with Gasteiger partial charge < -0.3 is 16.0 Å². The molecule has 0 saturated carbocycles. The van der Waals surface area contributed by atoms with Gasteiger partial charge in [0.05, 0.1) is 12.1 Å². The van der Waals surface area contributed by atoms with Gasteiger partial charge in [0, 0.05) is 23.2 Å². The SMILES string of the molecule is Nc1ccc(Br)c(C(=O)NCC(=O)N2CCCC2)c1. The molecule has 19 heavy (non-hydrogen) atoms. The summed E-state index contributed by atoms with van der Waals surface area (Å²) in [4.78, 5) is 25.5. The number of nitrogens with zero attached hydrogens (tertiary/aromatic N) is 1. The van der Waals surface area contributed by atoms with Crippen LogP contribution in [0.4, 0.5) is 5.69 Å². The molecule has 5 nitrogen and oxygen atoms in total. The molecule has 0 aliphatic carbocycles. The van der Waals surface area contributed by atoms with Crippen LogP contribution in [-0.4, -0.2) is 36.3 Å². The molecule has 102 valence electrons. The van der Waals surface area contributed by atoms with E-state index in [2.05, 4.69) is 21.2 Å². The molecule has 1 fully saturated rings. The summed E-state index contributed by atoms with van der Waals surface area (Å²) < 4.78 is 0.660. The lowest BCUT2D eigenvalue weighted by atomic mass is 10.2. The van der Waals surface area contributed by atoms with Crippen LogP contribution in [0.25, 0.3) is 0 Å². The number of benzene rings is 1. The molecule has 0 unspecified atom stereocenters. The van der Waals surface area contributed by atoms with Crippen molar-refractivity contribution in [3.63, 3.8) is 0 Å². The number of amides is 2. The van der Waals surface area contributed by atoms with E-state index in [1.165, 1.54) is 0 Å². The van der Waals surface area contributed by atoms with Crippen molar-refractivity contribution in [3.8, 4) is 0 Å². The number of nitrogens with one attached hydrogen (secondary N) is 1. The molecule has 2 amide bonds. The van der Waals surface area contributed by atoms with Crippen LogP contribution >= 0.6 is 15.9 Å². The van der Waals surface area contributed by atoms with Crippen molar-refractivity contribution in [2.75, 3.05) is 25.4 Å². The largest absolute Gasteiger partial charge is 0.399 e. The van der Waals surface area contributed by atoms with Gasteiger partial charge >= 0.3 is 0 Å². The summed E-state index contributed by atoms with van der Waals surface area (Å²) >= 11 is 3.29. The Hall–Kier alpha value is -1.56. The van der Waals surface area contributed by atoms with Gasteiger partial charge in [0.1, 0.15) is 0 Å². The second-order valence-corrected chi connectivity index (χ2v) is 5.36. The summed E-state index contributed by atoms with van der Waals surface area (Å²) in [6.45, 7) is 1.60. The Kier molecular flexibility index (Phi) is 4.42. The summed E-state index contributed by atoms with van der Waals surface area (Å²) in [5.74, 6) is -0.336. The predicted molar refractivity (Wildman–Crippen MR) is 76.7 cm³/mol. The molecule has 0 radical (unpaired) electrons. The average molecular weight is 326 g/mol. The van der Waals surface area contributed by atoms with Gasteiger partial charge in [0.25, 0.3) is 5.91 Å². The molecule has 0 bridgehead atoms. The minimum Gasteiger partial charge on any atom is -0.399 e. The number of hydrogen-bond acceptors (Lipinski definition) is 3. The topological polar surface area (TPSA) is 75.4 Å². The summed E-state index contributed by atoms with van der Waals surface area (Å²) in [6, 6.07) is 5.00. The molecule has 1 aliphatic rings. The fraction of sp³-hybridized carbons (Fsp3) is 0.385. The summed E-state index contributed by atoms with van der Waals surface area (Å²) in [6.07, 6.45) is 2.08. The van der Waals surface area contributed by atoms with E-state index in [1.807, 2.05) is 0 Å². The molecule has 2 rings (SSSR count). The van der Waals surface area contributed by atoms with Crippen molar-refractivity contribution >= 4 is 33.4 Å². The monoisotopic (exact) mass is 325 g/mol. The minimum absolute atomic E-state index is 0.0278. The Balaban J connectivity index is 1.93. The number of carbonyl (C=O) groups is 2. The highest BCUT2D eigenvalue weighted by atomic mass is 79.9. The maximum Gasteiger partial charge on any atom is 0.252 e. The summed E-state index contributed by atoms with van der Waals surface area (Å²) in [5, 5.41) is 2.63. The van der Waals surface area contributed by atoms with Crippen LogP contribution in [0, 0.1) is 0 Å². The number of hydrogen-bond donors (Lipinski definition) is 2. The van der Waals surface area contributed by atoms with E-state index in [0.717, 1.165) is 25.9 Å². The van der Waals surface area contributed by atoms with Crippen molar-refractivity contribution in [3.05, 3.63) is 28.2 Å². The molecule has 6 heteroatoms. The molecule has 3 N–H and O–H groups in total. The second-order valence-electron chi connectivity index (χ2n) is 4.51. The predicted octanol–water partition coefficient (Wildman–Crippen LogP) is 1.38. The third kappa shape index (κ3) is 3.47. The smallest absolute Gasteiger partial charge is 0.252 e. The maximum absolute atomic E-state index is 12.0. The van der Waals surface area contributed by atoms with Gasteiger partial charge in [-0.3, -0.25) is 9.59 Å². The highest BCUT2D eigenvalue weighted by molar-refractivity contribution is 9.10. The number of rotatable bonds is 3. The molecular weight excluding hydrogens is 310 g/mol. The highest BCUT2D eigenvalue weighted by Crippen LogP contribution is 2.19. The zero-order valence-electron chi connectivity index (χ0n) is 10.5. The number of nitrogens with two attached hydrogens (primary N) is 1. The van der Waals surface area contributed by atoms with Gasteiger partial charge in [0.15, 0.2) is 0 Å². The van der Waals surface area contributed by atoms with Gasteiger partial charge in [0.2, 0.25) is 5.91 Å². The van der Waals surface area contributed by atoms with Crippen LogP contribution in [0.1, 0.15) is 23.2 Å². The number of halogens is 1. The average Bonchev–Trinajstić information content (AvgIpc) is 2.92. The summed E-state index contributed by atoms with van der Waals surface area (Å²) in [5.41, 5.74) is 6.60.